The molecule has 0 aliphatic heterocycles. The van der Waals surface area contributed by atoms with Gasteiger partial charge in [-0.05, 0) is 24.3 Å². The lowest BCUT2D eigenvalue weighted by atomic mass is 10.3. The molecule has 0 aliphatic carbocycles. The van der Waals surface area contributed by atoms with Crippen molar-refractivity contribution in [2.24, 2.45) is 0 Å². The van der Waals surface area contributed by atoms with Crippen LogP contribution in [0.3, 0.4) is 0 Å². The molecular formula is C19H14Cl2N8O. The van der Waals surface area contributed by atoms with Gasteiger partial charge < -0.3 is 9.72 Å². The Bertz CT molecular complexity index is 1390. The van der Waals surface area contributed by atoms with Crippen molar-refractivity contribution in [3.63, 3.8) is 0 Å². The van der Waals surface area contributed by atoms with Crippen LogP contribution in [0.1, 0.15) is 21.7 Å². The molecule has 0 aliphatic rings. The van der Waals surface area contributed by atoms with Gasteiger partial charge in [0.1, 0.15) is 5.15 Å². The smallest absolute Gasteiger partial charge is 0.254 e. The number of carbonyl (C=O) groups is 1. The molecule has 5 aromatic rings. The first-order valence-electron chi connectivity index (χ1n) is 8.98. The summed E-state index contributed by atoms with van der Waals surface area (Å²) >= 11 is 12.0. The van der Waals surface area contributed by atoms with E-state index in [0.717, 1.165) is 16.9 Å². The van der Waals surface area contributed by atoms with Crippen molar-refractivity contribution >= 4 is 40.3 Å². The van der Waals surface area contributed by atoms with Crippen LogP contribution in [0.25, 0.3) is 11.2 Å². The van der Waals surface area contributed by atoms with Crippen LogP contribution in [-0.4, -0.2) is 39.7 Å². The van der Waals surface area contributed by atoms with Crippen LogP contribution in [0.5, 0.6) is 0 Å². The van der Waals surface area contributed by atoms with Crippen LogP contribution in [0.2, 0.25) is 10.2 Å². The highest BCUT2D eigenvalue weighted by atomic mass is 35.5. The van der Waals surface area contributed by atoms with Gasteiger partial charge in [0.05, 0.1) is 54.3 Å². The molecule has 1 amide bonds. The van der Waals surface area contributed by atoms with Gasteiger partial charge in [0.25, 0.3) is 5.91 Å². The third-order valence-corrected chi connectivity index (χ3v) is 4.99. The van der Waals surface area contributed by atoms with E-state index in [1.165, 1.54) is 6.20 Å². The molecule has 5 heterocycles. The molecular weight excluding hydrogens is 427 g/mol. The molecule has 0 atom stereocenters. The highest BCUT2D eigenvalue weighted by Gasteiger charge is 2.12. The first kappa shape index (κ1) is 18.6. The largest absolute Gasteiger partial charge is 0.346 e. The van der Waals surface area contributed by atoms with Crippen LogP contribution in [0, 0.1) is 0 Å². The van der Waals surface area contributed by atoms with Crippen molar-refractivity contribution in [3.05, 3.63) is 82.5 Å². The van der Waals surface area contributed by atoms with Gasteiger partial charge in [-0.25, -0.2) is 14.5 Å². The molecule has 0 fully saturated rings. The van der Waals surface area contributed by atoms with E-state index in [0.29, 0.717) is 27.9 Å². The molecule has 11 heteroatoms. The maximum absolute atomic E-state index is 12.5. The lowest BCUT2D eigenvalue weighted by molar-refractivity contribution is 0.0950. The van der Waals surface area contributed by atoms with Gasteiger partial charge in [0, 0.05) is 17.4 Å². The lowest BCUT2D eigenvalue weighted by Crippen LogP contribution is -2.22. The fourth-order valence-corrected chi connectivity index (χ4v) is 3.44. The molecule has 0 saturated carbocycles. The molecule has 0 bridgehead atoms. The number of rotatable bonds is 5. The minimum absolute atomic E-state index is 0.243. The first-order chi connectivity index (χ1) is 14.5. The van der Waals surface area contributed by atoms with Gasteiger partial charge in [-0.15, -0.1) is 0 Å². The van der Waals surface area contributed by atoms with Gasteiger partial charge in [0.15, 0.2) is 5.65 Å². The fourth-order valence-electron chi connectivity index (χ4n) is 3.14. The molecule has 0 saturated heterocycles. The summed E-state index contributed by atoms with van der Waals surface area (Å²) < 4.78 is 5.10. The number of carbonyl (C=O) groups excluding carboxylic acids is 1. The maximum Gasteiger partial charge on any atom is 0.254 e. The van der Waals surface area contributed by atoms with Crippen molar-refractivity contribution in [2.45, 2.75) is 13.1 Å². The van der Waals surface area contributed by atoms with E-state index < -0.39 is 0 Å². The quantitative estimate of drug-likeness (QED) is 0.453. The van der Waals surface area contributed by atoms with Crippen LogP contribution >= 0.6 is 23.2 Å². The Hall–Kier alpha value is -3.43. The number of imidazole rings is 2. The normalized spacial score (nSPS) is 11.4. The predicted octanol–water partition coefficient (Wildman–Crippen LogP) is 2.86. The number of amides is 1. The zero-order chi connectivity index (χ0) is 20.7. The van der Waals surface area contributed by atoms with Crippen molar-refractivity contribution in [1.29, 1.82) is 0 Å². The first-order valence-corrected chi connectivity index (χ1v) is 9.73. The summed E-state index contributed by atoms with van der Waals surface area (Å²) in [6.45, 7) is 0.679. The minimum atomic E-state index is -0.243. The third kappa shape index (κ3) is 3.60. The van der Waals surface area contributed by atoms with Crippen molar-refractivity contribution < 1.29 is 4.79 Å². The topological polar surface area (TPSA) is 94.4 Å². The monoisotopic (exact) mass is 440 g/mol. The molecule has 0 unspecified atom stereocenters. The number of fused-ring (bicyclic) bond motifs is 2. The lowest BCUT2D eigenvalue weighted by Gasteiger charge is -2.02. The highest BCUT2D eigenvalue weighted by Crippen LogP contribution is 2.16. The zero-order valence-electron chi connectivity index (χ0n) is 15.4. The van der Waals surface area contributed by atoms with E-state index in [1.54, 1.807) is 46.1 Å². The number of hydrogen-bond donors (Lipinski definition) is 1. The van der Waals surface area contributed by atoms with E-state index in [2.05, 4.69) is 25.5 Å². The van der Waals surface area contributed by atoms with E-state index in [1.807, 2.05) is 16.7 Å². The molecule has 0 radical (unpaired) electrons. The second kappa shape index (κ2) is 7.43. The SMILES string of the molecule is O=C(NCc1ncn2ccc(Cl)cc12)c1cnn(Cc2cn3nc(Cl)ccc3n2)c1. The van der Waals surface area contributed by atoms with Crippen molar-refractivity contribution in [2.75, 3.05) is 0 Å². The maximum atomic E-state index is 12.5. The Morgan fingerprint density at radius 3 is 2.97 bits per heavy atom. The van der Waals surface area contributed by atoms with Gasteiger partial charge in [-0.2, -0.15) is 10.2 Å². The highest BCUT2D eigenvalue weighted by molar-refractivity contribution is 6.30. The summed E-state index contributed by atoms with van der Waals surface area (Å²) in [5.41, 5.74) is 3.46. The molecule has 150 valence electrons. The molecule has 30 heavy (non-hydrogen) atoms. The Balaban J connectivity index is 1.27. The average Bonchev–Trinajstić information content (AvgIpc) is 3.44. The summed E-state index contributed by atoms with van der Waals surface area (Å²) in [4.78, 5) is 21.3. The second-order valence-electron chi connectivity index (χ2n) is 6.63. The Kier molecular flexibility index (Phi) is 4.61. The second-order valence-corrected chi connectivity index (χ2v) is 7.45. The molecule has 5 rings (SSSR count). The molecule has 9 nitrogen and oxygen atoms in total. The van der Waals surface area contributed by atoms with Gasteiger partial charge in [-0.3, -0.25) is 9.48 Å². The van der Waals surface area contributed by atoms with E-state index in [9.17, 15) is 4.79 Å². The summed E-state index contributed by atoms with van der Waals surface area (Å²) in [7, 11) is 0. The molecule has 0 aromatic carbocycles. The van der Waals surface area contributed by atoms with E-state index >= 15 is 0 Å². The third-order valence-electron chi connectivity index (χ3n) is 4.55. The minimum Gasteiger partial charge on any atom is -0.346 e. The van der Waals surface area contributed by atoms with E-state index in [4.69, 9.17) is 23.2 Å². The summed E-state index contributed by atoms with van der Waals surface area (Å²) in [6, 6.07) is 7.06. The standard InChI is InChI=1S/C19H14Cl2N8O/c20-13-3-4-27-11-23-15(16(27)5-13)7-22-19(30)12-6-24-28(8-12)9-14-10-29-18(25-14)2-1-17(21)26-29/h1-6,8,10-11H,7,9H2,(H,22,30). The van der Waals surface area contributed by atoms with Crippen molar-refractivity contribution in [1.82, 2.24) is 39.1 Å². The number of nitrogens with one attached hydrogen (secondary N) is 1. The van der Waals surface area contributed by atoms with Crippen LogP contribution in [0.4, 0.5) is 0 Å². The zero-order valence-corrected chi connectivity index (χ0v) is 16.9. The summed E-state index contributed by atoms with van der Waals surface area (Å²) in [5.74, 6) is -0.243. The van der Waals surface area contributed by atoms with Crippen LogP contribution in [-0.2, 0) is 13.1 Å². The van der Waals surface area contributed by atoms with Crippen LogP contribution in [0.15, 0.2) is 55.4 Å². The predicted molar refractivity (Wildman–Crippen MR) is 111 cm³/mol. The average molecular weight is 441 g/mol. The van der Waals surface area contributed by atoms with E-state index in [-0.39, 0.29) is 12.5 Å². The fraction of sp³-hybridized carbons (Fsp3) is 0.105. The molecule has 0 spiro atoms. The van der Waals surface area contributed by atoms with Crippen molar-refractivity contribution in [3.8, 4) is 0 Å². The Morgan fingerprint density at radius 1 is 1.17 bits per heavy atom. The number of nitrogens with zero attached hydrogens (tertiary/aromatic N) is 7. The number of halogens is 2. The molecule has 5 aromatic heterocycles. The number of hydrogen-bond acceptors (Lipinski definition) is 5. The summed E-state index contributed by atoms with van der Waals surface area (Å²) in [6.07, 6.45) is 8.47. The van der Waals surface area contributed by atoms with Gasteiger partial charge >= 0.3 is 0 Å². The summed E-state index contributed by atoms with van der Waals surface area (Å²) in [5, 5.41) is 12.3. The van der Waals surface area contributed by atoms with Gasteiger partial charge in [0.2, 0.25) is 0 Å². The van der Waals surface area contributed by atoms with Crippen LogP contribution < -0.4 is 5.32 Å². The Morgan fingerprint density at radius 2 is 2.07 bits per heavy atom. The number of aromatic nitrogens is 7. The Labute approximate surface area is 179 Å². The molecule has 1 N–H and O–H groups in total. The van der Waals surface area contributed by atoms with Gasteiger partial charge in [-0.1, -0.05) is 23.2 Å². The number of pyridine rings is 1.